The number of rotatable bonds is 9. The molecule has 9 heteroatoms. The van der Waals surface area contributed by atoms with Gasteiger partial charge in [-0.05, 0) is 31.4 Å². The highest BCUT2D eigenvalue weighted by Gasteiger charge is 2.49. The summed E-state index contributed by atoms with van der Waals surface area (Å²) < 4.78 is 36.2. The quantitative estimate of drug-likeness (QED) is 0.563. The zero-order valence-electron chi connectivity index (χ0n) is 17.8. The third kappa shape index (κ3) is 5.29. The number of aliphatic imine (C=N–C) groups is 1. The molecule has 30 heavy (non-hydrogen) atoms. The standard InChI is InChI=1S/C21H30N2O5S2/c1-4-7-20(24)22-21-23(16-13-30(25,26)14-19(16)29-21)15-8-9-17(27-10-5-2)18(12-15)28-11-6-3/h8-9,12,16,19H,4-7,10-11,13-14H2,1-3H3/t16-,19-/m1/s1. The monoisotopic (exact) mass is 454 g/mol. The fourth-order valence-electron chi connectivity index (χ4n) is 3.55. The van der Waals surface area contributed by atoms with Crippen LogP contribution in [0.5, 0.6) is 11.5 Å². The zero-order chi connectivity index (χ0) is 21.7. The van der Waals surface area contributed by atoms with Crippen molar-refractivity contribution in [3.8, 4) is 11.5 Å². The second-order valence-electron chi connectivity index (χ2n) is 7.54. The fourth-order valence-corrected chi connectivity index (χ4v) is 7.48. The Bertz CT molecular complexity index is 901. The van der Waals surface area contributed by atoms with Gasteiger partial charge in [0.1, 0.15) is 0 Å². The van der Waals surface area contributed by atoms with E-state index < -0.39 is 9.84 Å². The summed E-state index contributed by atoms with van der Waals surface area (Å²) >= 11 is 1.39. The fraction of sp³-hybridized carbons (Fsp3) is 0.619. The number of amidine groups is 1. The van der Waals surface area contributed by atoms with Crippen LogP contribution in [-0.4, -0.2) is 55.5 Å². The average Bonchev–Trinajstić information content (AvgIpc) is 3.15. The molecule has 0 unspecified atom stereocenters. The van der Waals surface area contributed by atoms with Gasteiger partial charge in [0.05, 0.1) is 30.8 Å². The Morgan fingerprint density at radius 3 is 2.47 bits per heavy atom. The van der Waals surface area contributed by atoms with E-state index in [1.807, 2.05) is 43.9 Å². The maximum absolute atomic E-state index is 12.2. The molecular weight excluding hydrogens is 424 g/mol. The predicted octanol–water partition coefficient (Wildman–Crippen LogP) is 3.67. The summed E-state index contributed by atoms with van der Waals surface area (Å²) in [6, 6.07) is 5.36. The van der Waals surface area contributed by atoms with E-state index in [1.54, 1.807) is 0 Å². The van der Waals surface area contributed by atoms with Crippen molar-refractivity contribution in [2.24, 2.45) is 4.99 Å². The van der Waals surface area contributed by atoms with Gasteiger partial charge in [-0.1, -0.05) is 32.5 Å². The normalized spacial score (nSPS) is 23.6. The lowest BCUT2D eigenvalue weighted by Gasteiger charge is -2.25. The van der Waals surface area contributed by atoms with Crippen LogP contribution in [0, 0.1) is 0 Å². The van der Waals surface area contributed by atoms with E-state index in [0.717, 1.165) is 24.9 Å². The van der Waals surface area contributed by atoms with Crippen molar-refractivity contribution in [2.45, 2.75) is 57.7 Å². The van der Waals surface area contributed by atoms with Crippen LogP contribution in [0.2, 0.25) is 0 Å². The minimum absolute atomic E-state index is 0.0604. The summed E-state index contributed by atoms with van der Waals surface area (Å²) in [5.74, 6) is 1.27. The molecule has 1 aromatic carbocycles. The number of nitrogens with zero attached hydrogens (tertiary/aromatic N) is 2. The van der Waals surface area contributed by atoms with E-state index in [9.17, 15) is 13.2 Å². The van der Waals surface area contributed by atoms with Crippen molar-refractivity contribution in [1.29, 1.82) is 0 Å². The van der Waals surface area contributed by atoms with E-state index in [4.69, 9.17) is 9.47 Å². The number of benzene rings is 1. The van der Waals surface area contributed by atoms with E-state index in [-0.39, 0.29) is 28.7 Å². The molecule has 0 radical (unpaired) electrons. The van der Waals surface area contributed by atoms with Crippen LogP contribution in [0.15, 0.2) is 23.2 Å². The van der Waals surface area contributed by atoms with Crippen molar-refractivity contribution in [2.75, 3.05) is 29.6 Å². The number of ether oxygens (including phenoxy) is 2. The predicted molar refractivity (Wildman–Crippen MR) is 122 cm³/mol. The Morgan fingerprint density at radius 2 is 1.80 bits per heavy atom. The zero-order valence-corrected chi connectivity index (χ0v) is 19.4. The number of carbonyl (C=O) groups excluding carboxylic acids is 1. The Morgan fingerprint density at radius 1 is 1.10 bits per heavy atom. The molecule has 2 aliphatic heterocycles. The van der Waals surface area contributed by atoms with Gasteiger partial charge in [-0.3, -0.25) is 4.79 Å². The Hall–Kier alpha value is -1.74. The first-order chi connectivity index (χ1) is 14.4. The minimum atomic E-state index is -3.11. The molecule has 0 aromatic heterocycles. The van der Waals surface area contributed by atoms with E-state index in [1.165, 1.54) is 11.8 Å². The molecule has 3 rings (SSSR count). The van der Waals surface area contributed by atoms with E-state index in [0.29, 0.717) is 36.3 Å². The molecule has 0 N–H and O–H groups in total. The number of thioether (sulfide) groups is 1. The molecule has 2 fully saturated rings. The smallest absolute Gasteiger partial charge is 0.248 e. The van der Waals surface area contributed by atoms with Crippen molar-refractivity contribution < 1.29 is 22.7 Å². The highest BCUT2D eigenvalue weighted by molar-refractivity contribution is 8.16. The second kappa shape index (κ2) is 10.0. The van der Waals surface area contributed by atoms with Crippen molar-refractivity contribution in [3.63, 3.8) is 0 Å². The summed E-state index contributed by atoms with van der Waals surface area (Å²) in [4.78, 5) is 18.4. The molecule has 0 bridgehead atoms. The molecule has 1 aromatic rings. The van der Waals surface area contributed by atoms with Crippen LogP contribution in [0.25, 0.3) is 0 Å². The number of amides is 1. The SMILES string of the molecule is CCCOc1ccc(N2C(=NC(=O)CCC)S[C@@H]3CS(=O)(=O)C[C@H]32)cc1OCCC. The summed E-state index contributed by atoms with van der Waals surface area (Å²) in [6.45, 7) is 7.15. The highest BCUT2D eigenvalue weighted by Crippen LogP contribution is 2.43. The van der Waals surface area contributed by atoms with Gasteiger partial charge in [0.15, 0.2) is 26.5 Å². The summed E-state index contributed by atoms with van der Waals surface area (Å²) in [7, 11) is -3.11. The number of anilines is 1. The molecule has 2 saturated heterocycles. The van der Waals surface area contributed by atoms with Crippen molar-refractivity contribution in [1.82, 2.24) is 0 Å². The van der Waals surface area contributed by atoms with Gasteiger partial charge in [-0.15, -0.1) is 0 Å². The third-order valence-corrected chi connectivity index (χ3v) is 8.09. The topological polar surface area (TPSA) is 85.3 Å². The highest BCUT2D eigenvalue weighted by atomic mass is 32.2. The molecule has 2 aliphatic rings. The van der Waals surface area contributed by atoms with Gasteiger partial charge >= 0.3 is 0 Å². The lowest BCUT2D eigenvalue weighted by Crippen LogP contribution is -2.37. The molecule has 0 aliphatic carbocycles. The Kier molecular flexibility index (Phi) is 7.68. The lowest BCUT2D eigenvalue weighted by atomic mass is 10.2. The van der Waals surface area contributed by atoms with E-state index >= 15 is 0 Å². The number of fused-ring (bicyclic) bond motifs is 1. The van der Waals surface area contributed by atoms with Gasteiger partial charge in [0, 0.05) is 23.4 Å². The lowest BCUT2D eigenvalue weighted by molar-refractivity contribution is -0.117. The number of sulfone groups is 1. The first-order valence-electron chi connectivity index (χ1n) is 10.6. The number of hydrogen-bond donors (Lipinski definition) is 0. The van der Waals surface area contributed by atoms with Crippen LogP contribution >= 0.6 is 11.8 Å². The number of hydrogen-bond acceptors (Lipinski definition) is 6. The Labute approximate surface area is 183 Å². The van der Waals surface area contributed by atoms with Crippen LogP contribution < -0.4 is 14.4 Å². The molecule has 7 nitrogen and oxygen atoms in total. The van der Waals surface area contributed by atoms with Crippen LogP contribution in [0.4, 0.5) is 5.69 Å². The molecule has 2 atom stereocenters. The molecule has 0 spiro atoms. The largest absolute Gasteiger partial charge is 0.490 e. The maximum atomic E-state index is 12.2. The third-order valence-electron chi connectivity index (χ3n) is 4.88. The average molecular weight is 455 g/mol. The molecular formula is C21H30N2O5S2. The van der Waals surface area contributed by atoms with Gasteiger partial charge in [-0.2, -0.15) is 4.99 Å². The summed E-state index contributed by atoms with van der Waals surface area (Å²) in [5.41, 5.74) is 0.769. The minimum Gasteiger partial charge on any atom is -0.490 e. The number of carbonyl (C=O) groups is 1. The first kappa shape index (κ1) is 22.9. The van der Waals surface area contributed by atoms with Gasteiger partial charge < -0.3 is 14.4 Å². The molecule has 1 amide bonds. The molecule has 166 valence electrons. The van der Waals surface area contributed by atoms with Crippen LogP contribution in [-0.2, 0) is 14.6 Å². The van der Waals surface area contributed by atoms with Gasteiger partial charge in [0.25, 0.3) is 0 Å². The van der Waals surface area contributed by atoms with Crippen LogP contribution in [0.3, 0.4) is 0 Å². The summed E-state index contributed by atoms with van der Waals surface area (Å²) in [6.07, 6.45) is 2.84. The first-order valence-corrected chi connectivity index (χ1v) is 13.3. The van der Waals surface area contributed by atoms with Crippen molar-refractivity contribution >= 4 is 38.4 Å². The second-order valence-corrected chi connectivity index (χ2v) is 10.9. The van der Waals surface area contributed by atoms with Crippen LogP contribution in [0.1, 0.15) is 46.5 Å². The Balaban J connectivity index is 1.98. The molecule has 2 heterocycles. The maximum Gasteiger partial charge on any atom is 0.248 e. The summed E-state index contributed by atoms with van der Waals surface area (Å²) in [5, 5.41) is 0.446. The van der Waals surface area contributed by atoms with Gasteiger partial charge in [0.2, 0.25) is 5.91 Å². The van der Waals surface area contributed by atoms with E-state index in [2.05, 4.69) is 4.99 Å². The molecule has 0 saturated carbocycles. The van der Waals surface area contributed by atoms with Crippen molar-refractivity contribution in [3.05, 3.63) is 18.2 Å². The van der Waals surface area contributed by atoms with Gasteiger partial charge in [-0.25, -0.2) is 8.42 Å².